The van der Waals surface area contributed by atoms with Gasteiger partial charge in [0, 0.05) is 24.4 Å². The Morgan fingerprint density at radius 3 is 2.82 bits per heavy atom. The number of aromatic amines is 1. The fourth-order valence-electron chi connectivity index (χ4n) is 3.68. The summed E-state index contributed by atoms with van der Waals surface area (Å²) in [5.41, 5.74) is 2.92. The summed E-state index contributed by atoms with van der Waals surface area (Å²) in [4.78, 5) is 25.5. The fourth-order valence-corrected chi connectivity index (χ4v) is 3.85. The van der Waals surface area contributed by atoms with E-state index >= 15 is 0 Å². The summed E-state index contributed by atoms with van der Waals surface area (Å²) < 4.78 is 7.22. The predicted molar refractivity (Wildman–Crippen MR) is 126 cm³/mol. The summed E-state index contributed by atoms with van der Waals surface area (Å²) in [6.07, 6.45) is 3.62. The smallest absolute Gasteiger partial charge is 0.239 e. The number of amides is 1. The average Bonchev–Trinajstić information content (AvgIpc) is 3.59. The number of nitrogens with one attached hydrogen (secondary N) is 2. The minimum Gasteiger partial charge on any atom is -0.339 e. The number of hydrogen-bond donors (Lipinski definition) is 2. The van der Waals surface area contributed by atoms with Gasteiger partial charge in [0.2, 0.25) is 23.6 Å². The quantitative estimate of drug-likeness (QED) is 0.328. The van der Waals surface area contributed by atoms with Crippen LogP contribution >= 0.6 is 11.6 Å². The van der Waals surface area contributed by atoms with Crippen molar-refractivity contribution < 1.29 is 9.32 Å². The molecule has 0 aliphatic heterocycles. The van der Waals surface area contributed by atoms with E-state index in [0.29, 0.717) is 35.1 Å². The molecule has 1 amide bonds. The van der Waals surface area contributed by atoms with Gasteiger partial charge in [-0.15, -0.1) is 0 Å². The number of aryl methyl sites for hydroxylation is 3. The van der Waals surface area contributed by atoms with Crippen molar-refractivity contribution in [3.05, 3.63) is 71.3 Å². The SMILES string of the molecule is O=C(CCc1nc(-c2ncn[nH]2)no1)Nc1nc2cc(Cl)ccc2n1CCCc1ccccc1. The molecule has 2 N–H and O–H groups in total. The van der Waals surface area contributed by atoms with Gasteiger partial charge in [-0.3, -0.25) is 15.2 Å². The number of rotatable bonds is 9. The van der Waals surface area contributed by atoms with Crippen LogP contribution in [0.4, 0.5) is 5.95 Å². The molecule has 0 aliphatic carbocycles. The van der Waals surface area contributed by atoms with E-state index in [1.165, 1.54) is 11.9 Å². The normalized spacial score (nSPS) is 11.2. The zero-order chi connectivity index (χ0) is 23.3. The van der Waals surface area contributed by atoms with E-state index in [2.05, 4.69) is 47.8 Å². The second-order valence-electron chi connectivity index (χ2n) is 7.70. The summed E-state index contributed by atoms with van der Waals surface area (Å²) in [5.74, 6) is 1.32. The lowest BCUT2D eigenvalue weighted by Crippen LogP contribution is -2.16. The first-order chi connectivity index (χ1) is 16.7. The molecule has 0 radical (unpaired) electrons. The number of carbonyl (C=O) groups is 1. The first-order valence-corrected chi connectivity index (χ1v) is 11.2. The number of imidazole rings is 1. The lowest BCUT2D eigenvalue weighted by atomic mass is 10.1. The number of fused-ring (bicyclic) bond motifs is 1. The van der Waals surface area contributed by atoms with Crippen LogP contribution in [0.1, 0.15) is 24.3 Å². The van der Waals surface area contributed by atoms with E-state index in [9.17, 15) is 4.79 Å². The Bertz CT molecular complexity index is 1400. The van der Waals surface area contributed by atoms with Gasteiger partial charge in [0.25, 0.3) is 0 Å². The Morgan fingerprint density at radius 1 is 1.12 bits per heavy atom. The Hall–Kier alpha value is -4.05. The van der Waals surface area contributed by atoms with Gasteiger partial charge in [-0.05, 0) is 36.6 Å². The molecule has 0 saturated carbocycles. The molecule has 0 fully saturated rings. The maximum atomic E-state index is 12.7. The first-order valence-electron chi connectivity index (χ1n) is 10.8. The molecule has 11 heteroatoms. The molecule has 3 aromatic heterocycles. The van der Waals surface area contributed by atoms with Crippen LogP contribution in [-0.2, 0) is 24.2 Å². The maximum Gasteiger partial charge on any atom is 0.239 e. The molecule has 0 atom stereocenters. The van der Waals surface area contributed by atoms with Gasteiger partial charge >= 0.3 is 0 Å². The van der Waals surface area contributed by atoms with Crippen molar-refractivity contribution in [1.82, 2.24) is 34.9 Å². The molecule has 0 spiro atoms. The Labute approximate surface area is 199 Å². The van der Waals surface area contributed by atoms with Crippen LogP contribution in [0.5, 0.6) is 0 Å². The Kier molecular flexibility index (Phi) is 6.30. The van der Waals surface area contributed by atoms with Crippen molar-refractivity contribution in [2.45, 2.75) is 32.2 Å². The van der Waals surface area contributed by atoms with Crippen LogP contribution in [0.25, 0.3) is 22.7 Å². The summed E-state index contributed by atoms with van der Waals surface area (Å²) >= 11 is 6.16. The topological polar surface area (TPSA) is 127 Å². The molecule has 0 saturated heterocycles. The predicted octanol–water partition coefficient (Wildman–Crippen LogP) is 4.06. The number of H-pyrrole nitrogens is 1. The van der Waals surface area contributed by atoms with Crippen LogP contribution in [0.15, 0.2) is 59.4 Å². The molecule has 2 aromatic carbocycles. The average molecular weight is 477 g/mol. The molecule has 3 heterocycles. The monoisotopic (exact) mass is 476 g/mol. The van der Waals surface area contributed by atoms with E-state index in [1.54, 1.807) is 6.07 Å². The molecule has 0 unspecified atom stereocenters. The Morgan fingerprint density at radius 2 is 2.00 bits per heavy atom. The summed E-state index contributed by atoms with van der Waals surface area (Å²) in [7, 11) is 0. The number of aromatic nitrogens is 7. The van der Waals surface area contributed by atoms with Gasteiger partial charge < -0.3 is 9.09 Å². The maximum absolute atomic E-state index is 12.7. The number of carbonyl (C=O) groups excluding carboxylic acids is 1. The van der Waals surface area contributed by atoms with E-state index < -0.39 is 0 Å². The van der Waals surface area contributed by atoms with Gasteiger partial charge in [0.15, 0.2) is 5.82 Å². The molecule has 10 nitrogen and oxygen atoms in total. The first kappa shape index (κ1) is 21.8. The molecule has 0 aliphatic rings. The summed E-state index contributed by atoms with van der Waals surface area (Å²) in [6.45, 7) is 0.701. The Balaban J connectivity index is 1.26. The zero-order valence-corrected chi connectivity index (χ0v) is 18.9. The van der Waals surface area contributed by atoms with E-state index in [4.69, 9.17) is 16.1 Å². The van der Waals surface area contributed by atoms with Crippen molar-refractivity contribution in [1.29, 1.82) is 0 Å². The van der Waals surface area contributed by atoms with E-state index in [1.807, 2.05) is 34.9 Å². The lowest BCUT2D eigenvalue weighted by Gasteiger charge is -2.10. The van der Waals surface area contributed by atoms with E-state index in [-0.39, 0.29) is 18.7 Å². The van der Waals surface area contributed by atoms with Crippen LogP contribution in [0.3, 0.4) is 0 Å². The van der Waals surface area contributed by atoms with Crippen molar-refractivity contribution in [3.8, 4) is 11.6 Å². The number of benzene rings is 2. The van der Waals surface area contributed by atoms with Crippen molar-refractivity contribution >= 4 is 34.5 Å². The standard InChI is InChI=1S/C23H21ClN8O2/c24-16-8-9-18-17(13-16)27-23(32(18)12-4-7-15-5-2-1-3-6-15)28-19(33)10-11-20-29-22(31-34-20)21-25-14-26-30-21/h1-3,5-6,8-9,13-14H,4,7,10-12H2,(H,25,26,30)(H,27,28,33). The fraction of sp³-hybridized carbons (Fsp3) is 0.217. The number of anilines is 1. The van der Waals surface area contributed by atoms with Crippen molar-refractivity contribution in [2.24, 2.45) is 0 Å². The largest absolute Gasteiger partial charge is 0.339 e. The van der Waals surface area contributed by atoms with Crippen molar-refractivity contribution in [2.75, 3.05) is 5.32 Å². The van der Waals surface area contributed by atoms with Gasteiger partial charge in [-0.25, -0.2) is 9.97 Å². The van der Waals surface area contributed by atoms with Crippen LogP contribution in [0.2, 0.25) is 5.02 Å². The van der Waals surface area contributed by atoms with Crippen LogP contribution in [-0.4, -0.2) is 40.8 Å². The third-order valence-electron chi connectivity index (χ3n) is 5.31. The minimum atomic E-state index is -0.204. The summed E-state index contributed by atoms with van der Waals surface area (Å²) in [5, 5.41) is 13.8. The van der Waals surface area contributed by atoms with Crippen LogP contribution < -0.4 is 5.32 Å². The van der Waals surface area contributed by atoms with Gasteiger partial charge in [0.05, 0.1) is 11.0 Å². The minimum absolute atomic E-state index is 0.159. The lowest BCUT2D eigenvalue weighted by molar-refractivity contribution is -0.116. The van der Waals surface area contributed by atoms with Crippen LogP contribution in [0, 0.1) is 0 Å². The molecule has 5 aromatic rings. The van der Waals surface area contributed by atoms with Crippen molar-refractivity contribution in [3.63, 3.8) is 0 Å². The number of nitrogens with zero attached hydrogens (tertiary/aromatic N) is 6. The van der Waals surface area contributed by atoms with Gasteiger partial charge in [-0.1, -0.05) is 47.1 Å². The molecular formula is C23H21ClN8O2. The zero-order valence-electron chi connectivity index (χ0n) is 18.1. The second kappa shape index (κ2) is 9.84. The third-order valence-corrected chi connectivity index (χ3v) is 5.55. The summed E-state index contributed by atoms with van der Waals surface area (Å²) in [6, 6.07) is 15.8. The highest BCUT2D eigenvalue weighted by molar-refractivity contribution is 6.31. The third kappa shape index (κ3) is 4.96. The number of hydrogen-bond acceptors (Lipinski definition) is 7. The van der Waals surface area contributed by atoms with Gasteiger partial charge in [0.1, 0.15) is 6.33 Å². The highest BCUT2D eigenvalue weighted by atomic mass is 35.5. The van der Waals surface area contributed by atoms with E-state index in [0.717, 1.165) is 23.9 Å². The molecule has 34 heavy (non-hydrogen) atoms. The highest BCUT2D eigenvalue weighted by Crippen LogP contribution is 2.24. The van der Waals surface area contributed by atoms with Gasteiger partial charge in [-0.2, -0.15) is 10.1 Å². The molecular weight excluding hydrogens is 456 g/mol. The number of halogens is 1. The highest BCUT2D eigenvalue weighted by Gasteiger charge is 2.16. The molecule has 0 bridgehead atoms. The molecule has 172 valence electrons. The second-order valence-corrected chi connectivity index (χ2v) is 8.14. The molecule has 5 rings (SSSR count).